The third-order valence-corrected chi connectivity index (χ3v) is 3.62. The number of nitrogens with zero attached hydrogens (tertiary/aromatic N) is 2. The molecular weight excluding hydrogens is 268 g/mol. The molecule has 0 bridgehead atoms. The lowest BCUT2D eigenvalue weighted by Gasteiger charge is -2.08. The van der Waals surface area contributed by atoms with E-state index in [9.17, 15) is 9.59 Å². The van der Waals surface area contributed by atoms with E-state index >= 15 is 0 Å². The van der Waals surface area contributed by atoms with Crippen LogP contribution in [-0.2, 0) is 27.5 Å². The Hall–Kier alpha value is -1.32. The third kappa shape index (κ3) is 4.90. The van der Waals surface area contributed by atoms with Gasteiger partial charge < -0.3 is 0 Å². The molecule has 18 heavy (non-hydrogen) atoms. The van der Waals surface area contributed by atoms with Crippen LogP contribution in [0.4, 0.5) is 0 Å². The maximum absolute atomic E-state index is 10.0. The summed E-state index contributed by atoms with van der Waals surface area (Å²) in [5.74, 6) is 1.28. The molecule has 0 aliphatic carbocycles. The van der Waals surface area contributed by atoms with Crippen LogP contribution in [0.1, 0.15) is 23.6 Å². The lowest BCUT2D eigenvalue weighted by atomic mass is 10.0. The lowest BCUT2D eigenvalue weighted by Crippen LogP contribution is -1.92. The molecule has 0 unspecified atom stereocenters. The van der Waals surface area contributed by atoms with Crippen LogP contribution in [0.2, 0.25) is 0 Å². The van der Waals surface area contributed by atoms with Gasteiger partial charge in [0.05, 0.1) is 0 Å². The molecule has 4 nitrogen and oxygen atoms in total. The Morgan fingerprint density at radius 2 is 1.72 bits per heavy atom. The van der Waals surface area contributed by atoms with Gasteiger partial charge in [0.15, 0.2) is 0 Å². The van der Waals surface area contributed by atoms with Crippen LogP contribution in [0.15, 0.2) is 27.0 Å². The van der Waals surface area contributed by atoms with Gasteiger partial charge in [0.1, 0.15) is 0 Å². The molecule has 0 heterocycles. The van der Waals surface area contributed by atoms with Crippen LogP contribution < -0.4 is 0 Å². The van der Waals surface area contributed by atoms with Gasteiger partial charge in [-0.2, -0.15) is 0 Å². The van der Waals surface area contributed by atoms with Gasteiger partial charge >= 0.3 is 0 Å². The summed E-state index contributed by atoms with van der Waals surface area (Å²) >= 11 is 2.35. The fourth-order valence-electron chi connectivity index (χ4n) is 1.51. The molecule has 0 aromatic heterocycles. The van der Waals surface area contributed by atoms with Gasteiger partial charge in [-0.1, -0.05) is 25.1 Å². The Balaban J connectivity index is 2.79. The molecule has 0 N–H and O–H groups in total. The zero-order valence-electron chi connectivity index (χ0n) is 9.88. The van der Waals surface area contributed by atoms with E-state index in [2.05, 4.69) is 27.9 Å². The largest absolute Gasteiger partial charge is 0.247 e. The number of isocyanates is 2. The van der Waals surface area contributed by atoms with E-state index in [0.717, 1.165) is 17.5 Å². The molecule has 1 aromatic rings. The number of benzene rings is 1. The van der Waals surface area contributed by atoms with E-state index in [1.54, 1.807) is 0 Å². The standard InChI is InChI=1S/C12H12N2O2S2/c1-2-11-4-3-10(6-17-13-8-15)5-12(11)7-18-14-9-16/h3-5H,2,6-7H2,1H3. The minimum absolute atomic E-state index is 0.633. The fourth-order valence-corrected chi connectivity index (χ4v) is 2.48. The Labute approximate surface area is 114 Å². The van der Waals surface area contributed by atoms with Gasteiger partial charge in [-0.25, -0.2) is 9.59 Å². The highest BCUT2D eigenvalue weighted by atomic mass is 32.2. The first-order chi connectivity index (χ1) is 8.81. The zero-order chi connectivity index (χ0) is 13.2. The molecule has 0 amide bonds. The summed E-state index contributed by atoms with van der Waals surface area (Å²) in [5.41, 5.74) is 3.47. The molecule has 0 saturated carbocycles. The Kier molecular flexibility index (Phi) is 7.14. The van der Waals surface area contributed by atoms with Crippen molar-refractivity contribution in [3.05, 3.63) is 34.9 Å². The average molecular weight is 280 g/mol. The number of hydrogen-bond donors (Lipinski definition) is 0. The highest BCUT2D eigenvalue weighted by Crippen LogP contribution is 2.22. The van der Waals surface area contributed by atoms with Crippen LogP contribution in [-0.4, -0.2) is 12.2 Å². The monoisotopic (exact) mass is 280 g/mol. The maximum atomic E-state index is 10.0. The van der Waals surface area contributed by atoms with Crippen LogP contribution in [0, 0.1) is 0 Å². The SMILES string of the molecule is CCc1ccc(CSN=C=O)cc1CSN=C=O. The maximum Gasteiger partial charge on any atom is 0.247 e. The van der Waals surface area contributed by atoms with Crippen LogP contribution >= 0.6 is 23.9 Å². The molecule has 0 aliphatic heterocycles. The normalized spacial score (nSPS) is 9.39. The molecule has 0 saturated heterocycles. The highest BCUT2D eigenvalue weighted by molar-refractivity contribution is 7.97. The summed E-state index contributed by atoms with van der Waals surface area (Å²) in [6, 6.07) is 6.13. The first kappa shape index (κ1) is 14.7. The second-order valence-corrected chi connectivity index (χ2v) is 4.83. The Morgan fingerprint density at radius 1 is 1.06 bits per heavy atom. The number of rotatable bonds is 7. The highest BCUT2D eigenvalue weighted by Gasteiger charge is 2.03. The molecular formula is C12H12N2O2S2. The Bertz CT molecular complexity index is 493. The first-order valence-corrected chi connectivity index (χ1v) is 7.19. The zero-order valence-corrected chi connectivity index (χ0v) is 11.5. The summed E-state index contributed by atoms with van der Waals surface area (Å²) < 4.78 is 6.93. The molecule has 0 aliphatic rings. The predicted octanol–water partition coefficient (Wildman–Crippen LogP) is 3.22. The van der Waals surface area contributed by atoms with E-state index in [1.165, 1.54) is 41.6 Å². The van der Waals surface area contributed by atoms with Crippen molar-refractivity contribution in [2.24, 2.45) is 8.80 Å². The molecule has 0 spiro atoms. The van der Waals surface area contributed by atoms with Crippen molar-refractivity contribution in [1.82, 2.24) is 0 Å². The average Bonchev–Trinajstić information content (AvgIpc) is 2.40. The number of hydrogen-bond acceptors (Lipinski definition) is 6. The van der Waals surface area contributed by atoms with Crippen LogP contribution in [0.25, 0.3) is 0 Å². The molecule has 0 fully saturated rings. The van der Waals surface area contributed by atoms with E-state index < -0.39 is 0 Å². The quantitative estimate of drug-likeness (QED) is 0.437. The van der Waals surface area contributed by atoms with Crippen molar-refractivity contribution < 1.29 is 9.59 Å². The lowest BCUT2D eigenvalue weighted by molar-refractivity contribution is 0.565. The minimum Gasteiger partial charge on any atom is -0.210 e. The van der Waals surface area contributed by atoms with Crippen molar-refractivity contribution in [1.29, 1.82) is 0 Å². The van der Waals surface area contributed by atoms with Crippen molar-refractivity contribution in [3.63, 3.8) is 0 Å². The minimum atomic E-state index is 0.633. The molecule has 6 heteroatoms. The summed E-state index contributed by atoms with van der Waals surface area (Å²) in [5, 5.41) is 0. The number of carbonyl (C=O) groups excluding carboxylic acids is 2. The third-order valence-electron chi connectivity index (χ3n) is 2.31. The summed E-state index contributed by atoms with van der Waals surface area (Å²) in [4.78, 5) is 20.0. The molecule has 0 atom stereocenters. The van der Waals surface area contributed by atoms with E-state index in [1.807, 2.05) is 6.07 Å². The summed E-state index contributed by atoms with van der Waals surface area (Å²) in [6.07, 6.45) is 3.93. The molecule has 1 rings (SSSR count). The summed E-state index contributed by atoms with van der Waals surface area (Å²) in [6.45, 7) is 2.08. The smallest absolute Gasteiger partial charge is 0.210 e. The molecule has 94 valence electrons. The predicted molar refractivity (Wildman–Crippen MR) is 74.7 cm³/mol. The van der Waals surface area contributed by atoms with Crippen molar-refractivity contribution in [3.8, 4) is 0 Å². The van der Waals surface area contributed by atoms with Gasteiger partial charge in [0, 0.05) is 11.5 Å². The first-order valence-electron chi connectivity index (χ1n) is 5.30. The number of aryl methyl sites for hydroxylation is 1. The van der Waals surface area contributed by atoms with Crippen LogP contribution in [0.3, 0.4) is 0 Å². The van der Waals surface area contributed by atoms with E-state index in [4.69, 9.17) is 0 Å². The topological polar surface area (TPSA) is 58.9 Å². The van der Waals surface area contributed by atoms with Gasteiger partial charge in [-0.05, 0) is 47.0 Å². The van der Waals surface area contributed by atoms with Crippen molar-refractivity contribution in [2.45, 2.75) is 24.9 Å². The van der Waals surface area contributed by atoms with Gasteiger partial charge in [-0.15, -0.1) is 8.80 Å². The van der Waals surface area contributed by atoms with Crippen molar-refractivity contribution >= 4 is 36.1 Å². The van der Waals surface area contributed by atoms with Crippen molar-refractivity contribution in [2.75, 3.05) is 0 Å². The second-order valence-electron chi connectivity index (χ2n) is 3.37. The molecule has 0 radical (unpaired) electrons. The fraction of sp³-hybridized carbons (Fsp3) is 0.333. The van der Waals surface area contributed by atoms with Gasteiger partial charge in [0.2, 0.25) is 12.2 Å². The second kappa shape index (κ2) is 8.72. The Morgan fingerprint density at radius 3 is 2.33 bits per heavy atom. The van der Waals surface area contributed by atoms with Gasteiger partial charge in [0.25, 0.3) is 0 Å². The van der Waals surface area contributed by atoms with Crippen LogP contribution in [0.5, 0.6) is 0 Å². The van der Waals surface area contributed by atoms with Gasteiger partial charge in [-0.3, -0.25) is 0 Å². The summed E-state index contributed by atoms with van der Waals surface area (Å²) in [7, 11) is 0. The van der Waals surface area contributed by atoms with E-state index in [-0.39, 0.29) is 0 Å². The molecule has 1 aromatic carbocycles. The van der Waals surface area contributed by atoms with E-state index in [0.29, 0.717) is 11.5 Å².